The molecule has 2 N–H and O–H groups in total. The van der Waals surface area contributed by atoms with Gasteiger partial charge in [0.1, 0.15) is 6.29 Å². The van der Waals surface area contributed by atoms with E-state index < -0.39 is 5.54 Å². The van der Waals surface area contributed by atoms with E-state index in [0.29, 0.717) is 0 Å². The summed E-state index contributed by atoms with van der Waals surface area (Å²) in [6.45, 7) is 8.00. The first-order chi connectivity index (χ1) is 6.27. The van der Waals surface area contributed by atoms with Gasteiger partial charge >= 0.3 is 0 Å². The summed E-state index contributed by atoms with van der Waals surface area (Å²) in [4.78, 5) is 10.4. The molecule has 2 heteroatoms. The zero-order valence-electron chi connectivity index (χ0n) is 9.60. The van der Waals surface area contributed by atoms with Crippen molar-refractivity contribution in [2.75, 3.05) is 0 Å². The molecule has 0 amide bonds. The first kappa shape index (κ1) is 15.1. The smallest absolute Gasteiger partial charge is 0.139 e. The average Bonchev–Trinajstić information content (AvgIpc) is 2.25. The highest BCUT2D eigenvalue weighted by Crippen LogP contribution is 2.23. The zero-order chi connectivity index (χ0) is 10.7. The van der Waals surface area contributed by atoms with E-state index in [-0.39, 0.29) is 0 Å². The van der Waals surface area contributed by atoms with Crippen LogP contribution in [0.3, 0.4) is 0 Å². The van der Waals surface area contributed by atoms with Crippen LogP contribution in [-0.4, -0.2) is 11.8 Å². The molecule has 1 fully saturated rings. The standard InChI is InChI=1S/C7H13NO.2C2H6/c8-7(6-9)4-2-1-3-5-7;2*1-2/h6H,1-5,8H2;2*1-2H3. The van der Waals surface area contributed by atoms with E-state index in [1.165, 1.54) is 6.42 Å². The predicted octanol–water partition coefficient (Wildman–Crippen LogP) is 2.90. The summed E-state index contributed by atoms with van der Waals surface area (Å²) in [6.07, 6.45) is 6.16. The zero-order valence-corrected chi connectivity index (χ0v) is 9.60. The highest BCUT2D eigenvalue weighted by atomic mass is 16.1. The fourth-order valence-corrected chi connectivity index (χ4v) is 1.33. The van der Waals surface area contributed by atoms with Gasteiger partial charge in [-0.05, 0) is 12.8 Å². The normalized spacial score (nSPS) is 18.5. The Hall–Kier alpha value is -0.370. The van der Waals surface area contributed by atoms with Crippen molar-refractivity contribution in [1.82, 2.24) is 0 Å². The van der Waals surface area contributed by atoms with Crippen LogP contribution in [0.2, 0.25) is 0 Å². The number of aldehydes is 1. The molecule has 1 rings (SSSR count). The summed E-state index contributed by atoms with van der Waals surface area (Å²) in [7, 11) is 0. The van der Waals surface area contributed by atoms with Crippen LogP contribution in [0.5, 0.6) is 0 Å². The van der Waals surface area contributed by atoms with E-state index >= 15 is 0 Å². The quantitative estimate of drug-likeness (QED) is 0.641. The van der Waals surface area contributed by atoms with Crippen LogP contribution in [0, 0.1) is 0 Å². The lowest BCUT2D eigenvalue weighted by atomic mass is 9.84. The van der Waals surface area contributed by atoms with Crippen molar-refractivity contribution in [3.8, 4) is 0 Å². The molecule has 1 aliphatic carbocycles. The van der Waals surface area contributed by atoms with Crippen LogP contribution in [0.1, 0.15) is 59.8 Å². The molecule has 0 heterocycles. The molecule has 13 heavy (non-hydrogen) atoms. The number of hydrogen-bond acceptors (Lipinski definition) is 2. The van der Waals surface area contributed by atoms with Crippen molar-refractivity contribution in [3.63, 3.8) is 0 Å². The average molecular weight is 187 g/mol. The molecule has 0 saturated heterocycles. The van der Waals surface area contributed by atoms with E-state index in [1.807, 2.05) is 27.7 Å². The Morgan fingerprint density at radius 3 is 1.62 bits per heavy atom. The number of carbonyl (C=O) groups excluding carboxylic acids is 1. The molecule has 0 unspecified atom stereocenters. The Morgan fingerprint density at radius 1 is 1.00 bits per heavy atom. The van der Waals surface area contributed by atoms with Gasteiger partial charge in [-0.25, -0.2) is 0 Å². The lowest BCUT2D eigenvalue weighted by Gasteiger charge is -2.26. The topological polar surface area (TPSA) is 43.1 Å². The van der Waals surface area contributed by atoms with Crippen LogP contribution in [0.4, 0.5) is 0 Å². The van der Waals surface area contributed by atoms with Gasteiger partial charge in [-0.3, -0.25) is 0 Å². The Morgan fingerprint density at radius 2 is 1.38 bits per heavy atom. The Labute approximate surface area is 82.9 Å². The highest BCUT2D eigenvalue weighted by Gasteiger charge is 2.25. The summed E-state index contributed by atoms with van der Waals surface area (Å²) in [5.41, 5.74) is 5.23. The van der Waals surface area contributed by atoms with Gasteiger partial charge in [0, 0.05) is 0 Å². The monoisotopic (exact) mass is 187 g/mol. The molecule has 1 aliphatic rings. The molecule has 0 radical (unpaired) electrons. The molecule has 2 nitrogen and oxygen atoms in total. The Bertz CT molecular complexity index is 107. The minimum Gasteiger partial charge on any atom is -0.319 e. The molecular formula is C11H25NO. The third kappa shape index (κ3) is 6.76. The lowest BCUT2D eigenvalue weighted by molar-refractivity contribution is -0.113. The third-order valence-electron chi connectivity index (χ3n) is 2.02. The van der Waals surface area contributed by atoms with Gasteiger partial charge in [-0.2, -0.15) is 0 Å². The van der Waals surface area contributed by atoms with Crippen LogP contribution in [-0.2, 0) is 4.79 Å². The minimum atomic E-state index is -0.460. The molecule has 0 aromatic heterocycles. The van der Waals surface area contributed by atoms with Gasteiger partial charge < -0.3 is 10.5 Å². The van der Waals surface area contributed by atoms with Crippen LogP contribution >= 0.6 is 0 Å². The Kier molecular flexibility index (Phi) is 11.3. The molecule has 0 aromatic carbocycles. The van der Waals surface area contributed by atoms with Crippen molar-refractivity contribution in [1.29, 1.82) is 0 Å². The SMILES string of the molecule is CC.CC.NC1(C=O)CCCCC1. The summed E-state index contributed by atoms with van der Waals surface area (Å²) in [6, 6.07) is 0. The van der Waals surface area contributed by atoms with Gasteiger partial charge in [0.05, 0.1) is 5.54 Å². The van der Waals surface area contributed by atoms with E-state index in [1.54, 1.807) is 0 Å². The molecule has 0 aliphatic heterocycles. The van der Waals surface area contributed by atoms with Crippen LogP contribution in [0.25, 0.3) is 0 Å². The maximum Gasteiger partial charge on any atom is 0.139 e. The molecule has 0 atom stereocenters. The Balaban J connectivity index is 0. The van der Waals surface area contributed by atoms with E-state index in [9.17, 15) is 4.79 Å². The van der Waals surface area contributed by atoms with Crippen LogP contribution in [0.15, 0.2) is 0 Å². The molecule has 0 aromatic rings. The predicted molar refractivity (Wildman–Crippen MR) is 58.8 cm³/mol. The number of hydrogen-bond donors (Lipinski definition) is 1. The number of rotatable bonds is 1. The summed E-state index contributed by atoms with van der Waals surface area (Å²) < 4.78 is 0. The first-order valence-corrected chi connectivity index (χ1v) is 5.52. The van der Waals surface area contributed by atoms with Gasteiger partial charge in [0.25, 0.3) is 0 Å². The number of carbonyl (C=O) groups is 1. The van der Waals surface area contributed by atoms with Crippen molar-refractivity contribution in [3.05, 3.63) is 0 Å². The van der Waals surface area contributed by atoms with E-state index in [2.05, 4.69) is 0 Å². The second kappa shape index (κ2) is 9.72. The number of nitrogens with two attached hydrogens (primary N) is 1. The van der Waals surface area contributed by atoms with Crippen molar-refractivity contribution < 1.29 is 4.79 Å². The van der Waals surface area contributed by atoms with Crippen molar-refractivity contribution >= 4 is 6.29 Å². The lowest BCUT2D eigenvalue weighted by Crippen LogP contribution is -2.43. The van der Waals surface area contributed by atoms with Gasteiger partial charge in [0.2, 0.25) is 0 Å². The maximum absolute atomic E-state index is 10.4. The molecule has 0 bridgehead atoms. The van der Waals surface area contributed by atoms with Crippen LogP contribution < -0.4 is 5.73 Å². The molecule has 0 spiro atoms. The molecule has 80 valence electrons. The van der Waals surface area contributed by atoms with Crippen molar-refractivity contribution in [2.45, 2.75) is 65.3 Å². The largest absolute Gasteiger partial charge is 0.319 e. The second-order valence-corrected chi connectivity index (χ2v) is 2.91. The fraction of sp³-hybridized carbons (Fsp3) is 0.909. The van der Waals surface area contributed by atoms with E-state index in [4.69, 9.17) is 5.73 Å². The highest BCUT2D eigenvalue weighted by molar-refractivity contribution is 5.63. The van der Waals surface area contributed by atoms with E-state index in [0.717, 1.165) is 32.0 Å². The summed E-state index contributed by atoms with van der Waals surface area (Å²) in [5.74, 6) is 0. The minimum absolute atomic E-state index is 0.460. The second-order valence-electron chi connectivity index (χ2n) is 2.91. The van der Waals surface area contributed by atoms with Crippen molar-refractivity contribution in [2.24, 2.45) is 5.73 Å². The maximum atomic E-state index is 10.4. The fourth-order valence-electron chi connectivity index (χ4n) is 1.33. The summed E-state index contributed by atoms with van der Waals surface area (Å²) >= 11 is 0. The van der Waals surface area contributed by atoms with Gasteiger partial charge in [-0.1, -0.05) is 47.0 Å². The molecule has 1 saturated carbocycles. The molecular weight excluding hydrogens is 162 g/mol. The third-order valence-corrected chi connectivity index (χ3v) is 2.02. The first-order valence-electron chi connectivity index (χ1n) is 5.52. The van der Waals surface area contributed by atoms with Gasteiger partial charge in [-0.15, -0.1) is 0 Å². The van der Waals surface area contributed by atoms with Gasteiger partial charge in [0.15, 0.2) is 0 Å². The summed E-state index contributed by atoms with van der Waals surface area (Å²) in [5, 5.41) is 0.